The molecular weight excluding hydrogens is 296 g/mol. The SMILES string of the molecule is COC(=O)c1cc(-c2ccccc2)c2ccc3ccccc3c2c1. The van der Waals surface area contributed by atoms with E-state index in [1.807, 2.05) is 42.5 Å². The van der Waals surface area contributed by atoms with E-state index in [0.717, 1.165) is 32.7 Å². The van der Waals surface area contributed by atoms with Gasteiger partial charge >= 0.3 is 5.97 Å². The monoisotopic (exact) mass is 312 g/mol. The molecule has 4 rings (SSSR count). The third-order valence-corrected chi connectivity index (χ3v) is 4.37. The van der Waals surface area contributed by atoms with Gasteiger partial charge in [-0.25, -0.2) is 4.79 Å². The first kappa shape index (κ1) is 14.5. The van der Waals surface area contributed by atoms with Crippen LogP contribution in [0.2, 0.25) is 0 Å². The normalized spacial score (nSPS) is 10.9. The first-order valence-corrected chi connectivity index (χ1v) is 7.87. The number of hydrogen-bond acceptors (Lipinski definition) is 2. The predicted octanol–water partition coefficient (Wildman–Crippen LogP) is 5.45. The summed E-state index contributed by atoms with van der Waals surface area (Å²) in [6.07, 6.45) is 0. The number of benzene rings is 4. The summed E-state index contributed by atoms with van der Waals surface area (Å²) in [6.45, 7) is 0. The molecule has 0 saturated heterocycles. The molecule has 4 aromatic rings. The van der Waals surface area contributed by atoms with Gasteiger partial charge in [0.1, 0.15) is 0 Å². The molecule has 24 heavy (non-hydrogen) atoms. The third kappa shape index (κ3) is 2.33. The molecule has 0 heterocycles. The van der Waals surface area contributed by atoms with Crippen molar-refractivity contribution >= 4 is 27.5 Å². The van der Waals surface area contributed by atoms with Crippen LogP contribution in [-0.2, 0) is 4.74 Å². The van der Waals surface area contributed by atoms with Crippen molar-refractivity contribution in [2.75, 3.05) is 7.11 Å². The highest BCUT2D eigenvalue weighted by molar-refractivity contribution is 6.14. The molecule has 0 N–H and O–H groups in total. The number of esters is 1. The molecule has 0 fully saturated rings. The number of fused-ring (bicyclic) bond motifs is 3. The summed E-state index contributed by atoms with van der Waals surface area (Å²) >= 11 is 0. The Morgan fingerprint density at radius 3 is 2.29 bits per heavy atom. The molecule has 0 aliphatic heterocycles. The number of ether oxygens (including phenoxy) is 1. The molecule has 2 nitrogen and oxygen atoms in total. The molecule has 0 aliphatic rings. The van der Waals surface area contributed by atoms with E-state index >= 15 is 0 Å². The van der Waals surface area contributed by atoms with Crippen molar-refractivity contribution < 1.29 is 9.53 Å². The van der Waals surface area contributed by atoms with Gasteiger partial charge in [0.25, 0.3) is 0 Å². The van der Waals surface area contributed by atoms with E-state index in [0.29, 0.717) is 5.56 Å². The first-order chi connectivity index (χ1) is 11.8. The fraction of sp³-hybridized carbons (Fsp3) is 0.0455. The van der Waals surface area contributed by atoms with Crippen molar-refractivity contribution in [3.63, 3.8) is 0 Å². The quantitative estimate of drug-likeness (QED) is 0.363. The smallest absolute Gasteiger partial charge is 0.337 e. The minimum atomic E-state index is -0.318. The molecule has 0 amide bonds. The Morgan fingerprint density at radius 1 is 0.750 bits per heavy atom. The second-order valence-electron chi connectivity index (χ2n) is 5.76. The summed E-state index contributed by atoms with van der Waals surface area (Å²) in [5.41, 5.74) is 2.70. The molecule has 4 aromatic carbocycles. The summed E-state index contributed by atoms with van der Waals surface area (Å²) in [6, 6.07) is 26.4. The second-order valence-corrected chi connectivity index (χ2v) is 5.76. The zero-order valence-electron chi connectivity index (χ0n) is 13.3. The maximum Gasteiger partial charge on any atom is 0.337 e. The summed E-state index contributed by atoms with van der Waals surface area (Å²) in [5, 5.41) is 4.49. The Balaban J connectivity index is 2.14. The lowest BCUT2D eigenvalue weighted by molar-refractivity contribution is 0.0601. The average molecular weight is 312 g/mol. The van der Waals surface area contributed by atoms with E-state index in [-0.39, 0.29) is 5.97 Å². The third-order valence-electron chi connectivity index (χ3n) is 4.37. The van der Waals surface area contributed by atoms with Gasteiger partial charge in [0, 0.05) is 0 Å². The molecule has 0 aliphatic carbocycles. The number of rotatable bonds is 2. The first-order valence-electron chi connectivity index (χ1n) is 7.87. The van der Waals surface area contributed by atoms with Crippen molar-refractivity contribution in [3.8, 4) is 11.1 Å². The van der Waals surface area contributed by atoms with Crippen LogP contribution >= 0.6 is 0 Å². The van der Waals surface area contributed by atoms with Gasteiger partial charge in [0.15, 0.2) is 0 Å². The van der Waals surface area contributed by atoms with Crippen molar-refractivity contribution in [1.29, 1.82) is 0 Å². The van der Waals surface area contributed by atoms with Crippen LogP contribution in [0, 0.1) is 0 Å². The molecule has 0 saturated carbocycles. The standard InChI is InChI=1S/C22H16O2/c1-24-22(23)17-13-20(15-7-3-2-4-8-15)19-12-11-16-9-5-6-10-18(16)21(19)14-17/h2-14H,1H3. The lowest BCUT2D eigenvalue weighted by Crippen LogP contribution is -2.01. The summed E-state index contributed by atoms with van der Waals surface area (Å²) in [5.74, 6) is -0.318. The van der Waals surface area contributed by atoms with E-state index in [2.05, 4.69) is 36.4 Å². The van der Waals surface area contributed by atoms with Crippen LogP contribution < -0.4 is 0 Å². The molecule has 0 aromatic heterocycles. The highest BCUT2D eigenvalue weighted by atomic mass is 16.5. The highest BCUT2D eigenvalue weighted by Gasteiger charge is 2.13. The van der Waals surface area contributed by atoms with Crippen molar-refractivity contribution in [2.24, 2.45) is 0 Å². The molecule has 2 heteroatoms. The Kier molecular flexibility index (Phi) is 3.51. The van der Waals surface area contributed by atoms with Crippen LogP contribution in [0.3, 0.4) is 0 Å². The number of hydrogen-bond donors (Lipinski definition) is 0. The van der Waals surface area contributed by atoms with E-state index < -0.39 is 0 Å². The van der Waals surface area contributed by atoms with E-state index in [1.165, 1.54) is 7.11 Å². The van der Waals surface area contributed by atoms with Gasteiger partial charge in [-0.2, -0.15) is 0 Å². The Bertz CT molecular complexity index is 1050. The fourth-order valence-corrected chi connectivity index (χ4v) is 3.21. The zero-order valence-corrected chi connectivity index (χ0v) is 13.3. The Labute approximate surface area is 140 Å². The molecule has 0 atom stereocenters. The van der Waals surface area contributed by atoms with Crippen molar-refractivity contribution in [2.45, 2.75) is 0 Å². The lowest BCUT2D eigenvalue weighted by atomic mass is 9.92. The molecule has 116 valence electrons. The minimum Gasteiger partial charge on any atom is -0.465 e. The summed E-state index contributed by atoms with van der Waals surface area (Å²) < 4.78 is 4.95. The Hall–Kier alpha value is -3.13. The summed E-state index contributed by atoms with van der Waals surface area (Å²) in [7, 11) is 1.41. The zero-order chi connectivity index (χ0) is 16.5. The fourth-order valence-electron chi connectivity index (χ4n) is 3.21. The van der Waals surface area contributed by atoms with Crippen LogP contribution in [0.1, 0.15) is 10.4 Å². The van der Waals surface area contributed by atoms with Gasteiger partial charge in [-0.3, -0.25) is 0 Å². The maximum atomic E-state index is 12.2. The minimum absolute atomic E-state index is 0.318. The molecule has 0 spiro atoms. The topological polar surface area (TPSA) is 26.3 Å². The van der Waals surface area contributed by atoms with E-state index in [4.69, 9.17) is 4.74 Å². The van der Waals surface area contributed by atoms with Gasteiger partial charge in [-0.1, -0.05) is 66.7 Å². The van der Waals surface area contributed by atoms with Crippen LogP contribution in [-0.4, -0.2) is 13.1 Å². The highest BCUT2D eigenvalue weighted by Crippen LogP contribution is 2.34. The number of carbonyl (C=O) groups excluding carboxylic acids is 1. The molecule has 0 radical (unpaired) electrons. The summed E-state index contributed by atoms with van der Waals surface area (Å²) in [4.78, 5) is 12.2. The van der Waals surface area contributed by atoms with Gasteiger partial charge in [-0.05, 0) is 44.8 Å². The molecular formula is C22H16O2. The lowest BCUT2D eigenvalue weighted by Gasteiger charge is -2.12. The van der Waals surface area contributed by atoms with Crippen molar-refractivity contribution in [1.82, 2.24) is 0 Å². The predicted molar refractivity (Wildman–Crippen MR) is 98.2 cm³/mol. The maximum absolute atomic E-state index is 12.2. The number of carbonyl (C=O) groups is 1. The van der Waals surface area contributed by atoms with Gasteiger partial charge < -0.3 is 4.74 Å². The Morgan fingerprint density at radius 2 is 1.50 bits per heavy atom. The average Bonchev–Trinajstić information content (AvgIpc) is 2.67. The van der Waals surface area contributed by atoms with Crippen LogP contribution in [0.25, 0.3) is 32.7 Å². The van der Waals surface area contributed by atoms with E-state index in [9.17, 15) is 4.79 Å². The van der Waals surface area contributed by atoms with Crippen molar-refractivity contribution in [3.05, 3.63) is 84.4 Å². The largest absolute Gasteiger partial charge is 0.465 e. The van der Waals surface area contributed by atoms with Crippen LogP contribution in [0.5, 0.6) is 0 Å². The van der Waals surface area contributed by atoms with Gasteiger partial charge in [0.05, 0.1) is 12.7 Å². The van der Waals surface area contributed by atoms with Crippen LogP contribution in [0.4, 0.5) is 0 Å². The van der Waals surface area contributed by atoms with Crippen LogP contribution in [0.15, 0.2) is 78.9 Å². The molecule has 0 bridgehead atoms. The molecule has 0 unspecified atom stereocenters. The second kappa shape index (κ2) is 5.82. The van der Waals surface area contributed by atoms with Gasteiger partial charge in [-0.15, -0.1) is 0 Å². The number of methoxy groups -OCH3 is 1. The van der Waals surface area contributed by atoms with Gasteiger partial charge in [0.2, 0.25) is 0 Å². The van der Waals surface area contributed by atoms with E-state index in [1.54, 1.807) is 0 Å².